The second-order valence-electron chi connectivity index (χ2n) is 3.40. The first-order valence-corrected chi connectivity index (χ1v) is 5.95. The molecule has 0 unspecified atom stereocenters. The largest absolute Gasteiger partial charge is 0.437 e. The molecule has 0 saturated carbocycles. The SMILES string of the molecule is Cc1cc(Oc2ncnc(Cl)c2N)ccc1Br. The molecule has 0 aliphatic rings. The van der Waals surface area contributed by atoms with E-state index in [1.54, 1.807) is 0 Å². The molecule has 2 N–H and O–H groups in total. The van der Waals surface area contributed by atoms with Crippen LogP contribution in [0.1, 0.15) is 5.56 Å². The maximum atomic E-state index is 5.77. The average Bonchev–Trinajstić information content (AvgIpc) is 2.30. The van der Waals surface area contributed by atoms with Crippen LogP contribution in [0.25, 0.3) is 0 Å². The Kier molecular flexibility index (Phi) is 3.49. The molecule has 0 spiro atoms. The van der Waals surface area contributed by atoms with Gasteiger partial charge in [0.1, 0.15) is 17.8 Å². The number of rotatable bonds is 2. The Balaban J connectivity index is 2.31. The van der Waals surface area contributed by atoms with Crippen molar-refractivity contribution in [3.05, 3.63) is 39.7 Å². The van der Waals surface area contributed by atoms with Crippen LogP contribution in [0.5, 0.6) is 11.6 Å². The summed E-state index contributed by atoms with van der Waals surface area (Å²) in [4.78, 5) is 7.69. The monoisotopic (exact) mass is 313 g/mol. The van der Waals surface area contributed by atoms with E-state index in [-0.39, 0.29) is 16.7 Å². The van der Waals surface area contributed by atoms with Gasteiger partial charge in [0.2, 0.25) is 5.88 Å². The van der Waals surface area contributed by atoms with Crippen LogP contribution in [-0.2, 0) is 0 Å². The molecule has 2 rings (SSSR count). The molecular weight excluding hydrogens is 305 g/mol. The first-order chi connectivity index (χ1) is 8.08. The Morgan fingerprint density at radius 2 is 2.12 bits per heavy atom. The molecule has 0 amide bonds. The molecule has 0 radical (unpaired) electrons. The van der Waals surface area contributed by atoms with Gasteiger partial charge < -0.3 is 10.5 Å². The van der Waals surface area contributed by atoms with Crippen LogP contribution in [0.2, 0.25) is 5.15 Å². The lowest BCUT2D eigenvalue weighted by Gasteiger charge is -2.08. The highest BCUT2D eigenvalue weighted by molar-refractivity contribution is 9.10. The first kappa shape index (κ1) is 12.1. The third kappa shape index (κ3) is 2.68. The standard InChI is InChI=1S/C11H9BrClN3O/c1-6-4-7(2-3-8(6)12)17-11-9(14)10(13)15-5-16-11/h2-5H,14H2,1H3. The Morgan fingerprint density at radius 1 is 1.35 bits per heavy atom. The van der Waals surface area contributed by atoms with E-state index in [9.17, 15) is 0 Å². The predicted octanol–water partition coefficient (Wildman–Crippen LogP) is 3.58. The zero-order chi connectivity index (χ0) is 12.4. The minimum atomic E-state index is 0.184. The van der Waals surface area contributed by atoms with Gasteiger partial charge in [0.05, 0.1) is 0 Å². The van der Waals surface area contributed by atoms with Crippen molar-refractivity contribution in [2.24, 2.45) is 0 Å². The van der Waals surface area contributed by atoms with Gasteiger partial charge in [-0.05, 0) is 30.7 Å². The molecule has 0 atom stereocenters. The van der Waals surface area contributed by atoms with Gasteiger partial charge in [-0.15, -0.1) is 0 Å². The summed E-state index contributed by atoms with van der Waals surface area (Å²) < 4.78 is 6.56. The fraction of sp³-hybridized carbons (Fsp3) is 0.0909. The second-order valence-corrected chi connectivity index (χ2v) is 4.61. The summed E-state index contributed by atoms with van der Waals surface area (Å²) in [6.07, 6.45) is 1.31. The molecule has 2 aromatic rings. The van der Waals surface area contributed by atoms with Gasteiger partial charge in [-0.3, -0.25) is 0 Å². The third-order valence-corrected chi connectivity index (χ3v) is 3.33. The van der Waals surface area contributed by atoms with Crippen molar-refractivity contribution in [3.63, 3.8) is 0 Å². The first-order valence-electron chi connectivity index (χ1n) is 4.78. The quantitative estimate of drug-likeness (QED) is 0.861. The number of hydrogen-bond donors (Lipinski definition) is 1. The van der Waals surface area contributed by atoms with Gasteiger partial charge in [0.25, 0.3) is 0 Å². The summed E-state index contributed by atoms with van der Waals surface area (Å²) in [6.45, 7) is 1.97. The molecule has 0 saturated heterocycles. The van der Waals surface area contributed by atoms with Gasteiger partial charge in [-0.2, -0.15) is 4.98 Å². The fourth-order valence-corrected chi connectivity index (χ4v) is 1.60. The number of nitrogens with two attached hydrogens (primary N) is 1. The highest BCUT2D eigenvalue weighted by Gasteiger charge is 2.08. The minimum Gasteiger partial charge on any atom is -0.437 e. The zero-order valence-electron chi connectivity index (χ0n) is 8.95. The van der Waals surface area contributed by atoms with Crippen LogP contribution >= 0.6 is 27.5 Å². The molecule has 0 aliphatic carbocycles. The molecule has 1 aromatic carbocycles. The van der Waals surface area contributed by atoms with Crippen molar-refractivity contribution in [1.29, 1.82) is 0 Å². The highest BCUT2D eigenvalue weighted by atomic mass is 79.9. The van der Waals surface area contributed by atoms with Crippen molar-refractivity contribution >= 4 is 33.2 Å². The van der Waals surface area contributed by atoms with E-state index in [4.69, 9.17) is 22.1 Å². The Bertz CT molecular complexity index is 562. The number of ether oxygens (including phenoxy) is 1. The lowest BCUT2D eigenvalue weighted by molar-refractivity contribution is 0.464. The lowest BCUT2D eigenvalue weighted by Crippen LogP contribution is -1.97. The number of nitrogens with zero attached hydrogens (tertiary/aromatic N) is 2. The smallest absolute Gasteiger partial charge is 0.247 e. The number of benzene rings is 1. The van der Waals surface area contributed by atoms with E-state index in [1.807, 2.05) is 25.1 Å². The number of nitrogen functional groups attached to an aromatic ring is 1. The van der Waals surface area contributed by atoms with Crippen molar-refractivity contribution in [3.8, 4) is 11.6 Å². The molecule has 1 aromatic heterocycles. The van der Waals surface area contributed by atoms with Crippen molar-refractivity contribution < 1.29 is 4.74 Å². The summed E-state index contributed by atoms with van der Waals surface area (Å²) >= 11 is 9.19. The van der Waals surface area contributed by atoms with Crippen LogP contribution in [0.4, 0.5) is 5.69 Å². The number of halogens is 2. The summed E-state index contributed by atoms with van der Waals surface area (Å²) in [6, 6.07) is 5.58. The van der Waals surface area contributed by atoms with Gasteiger partial charge >= 0.3 is 0 Å². The van der Waals surface area contributed by atoms with Crippen molar-refractivity contribution in [2.75, 3.05) is 5.73 Å². The minimum absolute atomic E-state index is 0.184. The maximum Gasteiger partial charge on any atom is 0.247 e. The zero-order valence-corrected chi connectivity index (χ0v) is 11.3. The van der Waals surface area contributed by atoms with E-state index in [0.29, 0.717) is 5.75 Å². The lowest BCUT2D eigenvalue weighted by atomic mass is 10.2. The van der Waals surface area contributed by atoms with E-state index < -0.39 is 0 Å². The topological polar surface area (TPSA) is 61.0 Å². The van der Waals surface area contributed by atoms with Crippen LogP contribution in [-0.4, -0.2) is 9.97 Å². The molecule has 0 bridgehead atoms. The molecule has 88 valence electrons. The van der Waals surface area contributed by atoms with Gasteiger partial charge in [-0.1, -0.05) is 27.5 Å². The van der Waals surface area contributed by atoms with E-state index >= 15 is 0 Å². The number of anilines is 1. The predicted molar refractivity (Wildman–Crippen MR) is 70.4 cm³/mol. The maximum absolute atomic E-state index is 5.77. The Labute approximate surface area is 112 Å². The highest BCUT2D eigenvalue weighted by Crippen LogP contribution is 2.30. The van der Waals surface area contributed by atoms with Gasteiger partial charge in [-0.25, -0.2) is 4.98 Å². The molecule has 4 nitrogen and oxygen atoms in total. The average molecular weight is 315 g/mol. The number of aromatic nitrogens is 2. The molecule has 1 heterocycles. The van der Waals surface area contributed by atoms with E-state index in [0.717, 1.165) is 10.0 Å². The summed E-state index contributed by atoms with van der Waals surface area (Å²) in [5, 5.41) is 0.184. The van der Waals surface area contributed by atoms with E-state index in [1.165, 1.54) is 6.33 Å². The number of aryl methyl sites for hydroxylation is 1. The van der Waals surface area contributed by atoms with Crippen molar-refractivity contribution in [2.45, 2.75) is 6.92 Å². The number of hydrogen-bond acceptors (Lipinski definition) is 4. The van der Waals surface area contributed by atoms with Crippen LogP contribution in [0.15, 0.2) is 29.0 Å². The summed E-state index contributed by atoms with van der Waals surface area (Å²) in [5.74, 6) is 0.902. The molecule has 0 aliphatic heterocycles. The van der Waals surface area contributed by atoms with Crippen LogP contribution < -0.4 is 10.5 Å². The van der Waals surface area contributed by atoms with Crippen LogP contribution in [0.3, 0.4) is 0 Å². The van der Waals surface area contributed by atoms with Gasteiger partial charge in [0.15, 0.2) is 5.15 Å². The second kappa shape index (κ2) is 4.89. The van der Waals surface area contributed by atoms with E-state index in [2.05, 4.69) is 25.9 Å². The molecule has 0 fully saturated rings. The molecule has 17 heavy (non-hydrogen) atoms. The van der Waals surface area contributed by atoms with Crippen molar-refractivity contribution in [1.82, 2.24) is 9.97 Å². The van der Waals surface area contributed by atoms with Crippen LogP contribution in [0, 0.1) is 6.92 Å². The normalized spacial score (nSPS) is 10.3. The van der Waals surface area contributed by atoms with Gasteiger partial charge in [0, 0.05) is 4.47 Å². The summed E-state index contributed by atoms with van der Waals surface area (Å²) in [7, 11) is 0. The Hall–Kier alpha value is -1.33. The summed E-state index contributed by atoms with van der Waals surface area (Å²) in [5.41, 5.74) is 7.00. The Morgan fingerprint density at radius 3 is 2.82 bits per heavy atom. The molecule has 6 heteroatoms. The fourth-order valence-electron chi connectivity index (χ4n) is 1.23. The molecular formula is C11H9BrClN3O. The third-order valence-electron chi connectivity index (χ3n) is 2.14.